The van der Waals surface area contributed by atoms with Gasteiger partial charge in [-0.1, -0.05) is 36.4 Å². The molecule has 0 radical (unpaired) electrons. The van der Waals surface area contributed by atoms with Crippen molar-refractivity contribution in [1.82, 2.24) is 14.6 Å². The number of carbonyl (C=O) groups is 3. The van der Waals surface area contributed by atoms with E-state index in [2.05, 4.69) is 9.69 Å². The Bertz CT molecular complexity index is 1530. The summed E-state index contributed by atoms with van der Waals surface area (Å²) in [5, 5.41) is 2.92. The average molecular weight is 578 g/mol. The highest BCUT2D eigenvalue weighted by molar-refractivity contribution is 7.09. The summed E-state index contributed by atoms with van der Waals surface area (Å²) < 4.78 is 20.6. The number of benzene rings is 2. The number of nitrogens with zero attached hydrogens (tertiary/aromatic N) is 2. The fourth-order valence-corrected chi connectivity index (χ4v) is 5.06. The molecule has 3 amide bonds. The first kappa shape index (κ1) is 29.2. The summed E-state index contributed by atoms with van der Waals surface area (Å²) in [7, 11) is 3.08. The van der Waals surface area contributed by atoms with Gasteiger partial charge >= 0.3 is 0 Å². The number of aryl methyl sites for hydroxylation is 1. The summed E-state index contributed by atoms with van der Waals surface area (Å²) in [6, 6.07) is 17.0. The number of amides is 3. The van der Waals surface area contributed by atoms with Crippen LogP contribution in [0.2, 0.25) is 0 Å². The SMILES string of the molecule is COc1ccc(CCN(C(=O)c2snc(C(N)=O)c2N)[C@@H](C(=O)NCc2ccccc2)c2ccc(C)o2)cc1OC. The molecule has 0 bridgehead atoms. The molecule has 1 atom stereocenters. The zero-order valence-electron chi connectivity index (χ0n) is 22.9. The summed E-state index contributed by atoms with van der Waals surface area (Å²) >= 11 is 0.747. The van der Waals surface area contributed by atoms with E-state index in [0.29, 0.717) is 23.7 Å². The molecule has 11 nitrogen and oxygen atoms in total. The highest BCUT2D eigenvalue weighted by atomic mass is 32.1. The van der Waals surface area contributed by atoms with Crippen molar-refractivity contribution in [3.05, 3.63) is 93.9 Å². The van der Waals surface area contributed by atoms with Gasteiger partial charge in [-0.05, 0) is 60.3 Å². The molecule has 4 aromatic rings. The van der Waals surface area contributed by atoms with Crippen LogP contribution in [-0.4, -0.2) is 47.8 Å². The molecule has 0 saturated heterocycles. The molecule has 0 spiro atoms. The van der Waals surface area contributed by atoms with E-state index < -0.39 is 23.8 Å². The van der Waals surface area contributed by atoms with Gasteiger partial charge in [-0.3, -0.25) is 14.4 Å². The van der Waals surface area contributed by atoms with Gasteiger partial charge in [0.2, 0.25) is 0 Å². The number of methoxy groups -OCH3 is 2. The van der Waals surface area contributed by atoms with Crippen molar-refractivity contribution >= 4 is 34.9 Å². The quantitative estimate of drug-likeness (QED) is 0.230. The van der Waals surface area contributed by atoms with Crippen molar-refractivity contribution < 1.29 is 28.3 Å². The van der Waals surface area contributed by atoms with E-state index >= 15 is 0 Å². The number of anilines is 1. The van der Waals surface area contributed by atoms with E-state index in [4.69, 9.17) is 25.4 Å². The molecule has 0 aliphatic heterocycles. The Hall–Kier alpha value is -4.84. The molecular weight excluding hydrogens is 546 g/mol. The van der Waals surface area contributed by atoms with E-state index in [0.717, 1.165) is 22.7 Å². The number of furan rings is 1. The molecule has 214 valence electrons. The van der Waals surface area contributed by atoms with Gasteiger partial charge in [0.1, 0.15) is 16.4 Å². The number of carbonyl (C=O) groups excluding carboxylic acids is 3. The Kier molecular flexibility index (Phi) is 9.25. The van der Waals surface area contributed by atoms with Crippen LogP contribution in [0.25, 0.3) is 0 Å². The van der Waals surface area contributed by atoms with Crippen molar-refractivity contribution in [3.8, 4) is 11.5 Å². The Morgan fingerprint density at radius 3 is 2.37 bits per heavy atom. The first-order valence-corrected chi connectivity index (χ1v) is 13.5. The highest BCUT2D eigenvalue weighted by Crippen LogP contribution is 2.31. The third kappa shape index (κ3) is 6.67. The van der Waals surface area contributed by atoms with E-state index in [1.165, 1.54) is 12.0 Å². The molecule has 12 heteroatoms. The monoisotopic (exact) mass is 577 g/mol. The Labute approximate surface area is 241 Å². The predicted octanol–water partition coefficient (Wildman–Crippen LogP) is 3.49. The van der Waals surface area contributed by atoms with Crippen LogP contribution in [0.3, 0.4) is 0 Å². The summed E-state index contributed by atoms with van der Waals surface area (Å²) in [5.41, 5.74) is 12.9. The van der Waals surface area contributed by atoms with Crippen molar-refractivity contribution in [1.29, 1.82) is 0 Å². The maximum Gasteiger partial charge on any atom is 0.270 e. The minimum Gasteiger partial charge on any atom is -0.493 e. The average Bonchev–Trinajstić information content (AvgIpc) is 3.58. The first-order chi connectivity index (χ1) is 19.7. The first-order valence-electron chi connectivity index (χ1n) is 12.7. The van der Waals surface area contributed by atoms with Gasteiger partial charge in [-0.2, -0.15) is 4.37 Å². The van der Waals surface area contributed by atoms with Crippen LogP contribution in [0.15, 0.2) is 65.1 Å². The molecule has 41 heavy (non-hydrogen) atoms. The van der Waals surface area contributed by atoms with Gasteiger partial charge in [-0.25, -0.2) is 0 Å². The zero-order valence-corrected chi connectivity index (χ0v) is 23.7. The minimum atomic E-state index is -1.15. The van der Waals surface area contributed by atoms with Crippen LogP contribution < -0.4 is 26.3 Å². The fraction of sp³-hybridized carbons (Fsp3) is 0.241. The van der Waals surface area contributed by atoms with Crippen molar-refractivity contribution in [3.63, 3.8) is 0 Å². The van der Waals surface area contributed by atoms with E-state index in [9.17, 15) is 14.4 Å². The van der Waals surface area contributed by atoms with Gasteiger partial charge in [0.25, 0.3) is 17.7 Å². The minimum absolute atomic E-state index is 0.00440. The zero-order chi connectivity index (χ0) is 29.5. The smallest absolute Gasteiger partial charge is 0.270 e. The fourth-order valence-electron chi connectivity index (χ4n) is 4.30. The summed E-state index contributed by atoms with van der Waals surface area (Å²) in [6.45, 7) is 2.07. The third-order valence-corrected chi connectivity index (χ3v) is 7.26. The molecule has 4 rings (SSSR count). The summed E-state index contributed by atoms with van der Waals surface area (Å²) in [5.74, 6) is 0.0233. The van der Waals surface area contributed by atoms with Gasteiger partial charge in [0.05, 0.1) is 19.9 Å². The molecule has 0 aliphatic rings. The van der Waals surface area contributed by atoms with Crippen LogP contribution in [0.4, 0.5) is 5.69 Å². The lowest BCUT2D eigenvalue weighted by Crippen LogP contribution is -2.44. The van der Waals surface area contributed by atoms with E-state index in [1.54, 1.807) is 38.3 Å². The van der Waals surface area contributed by atoms with Gasteiger partial charge in [0.15, 0.2) is 23.2 Å². The van der Waals surface area contributed by atoms with Crippen molar-refractivity contribution in [2.45, 2.75) is 25.9 Å². The Balaban J connectivity index is 1.72. The predicted molar refractivity (Wildman–Crippen MR) is 154 cm³/mol. The second-order valence-corrected chi connectivity index (χ2v) is 9.90. The molecule has 0 saturated carbocycles. The number of nitrogens with two attached hydrogens (primary N) is 2. The number of ether oxygens (including phenoxy) is 2. The Morgan fingerprint density at radius 2 is 1.76 bits per heavy atom. The molecule has 2 aromatic carbocycles. The van der Waals surface area contributed by atoms with Gasteiger partial charge in [0, 0.05) is 13.1 Å². The summed E-state index contributed by atoms with van der Waals surface area (Å²) in [6.07, 6.45) is 0.343. The number of nitrogens with one attached hydrogen (secondary N) is 1. The number of hydrogen-bond donors (Lipinski definition) is 3. The summed E-state index contributed by atoms with van der Waals surface area (Å²) in [4.78, 5) is 41.0. The molecule has 0 fully saturated rings. The van der Waals surface area contributed by atoms with Gasteiger partial charge in [-0.15, -0.1) is 0 Å². The highest BCUT2D eigenvalue weighted by Gasteiger charge is 2.36. The topological polar surface area (TPSA) is 163 Å². The number of aromatic nitrogens is 1. The van der Waals surface area contributed by atoms with E-state index in [1.807, 2.05) is 36.4 Å². The van der Waals surface area contributed by atoms with Gasteiger partial charge < -0.3 is 35.6 Å². The lowest BCUT2D eigenvalue weighted by Gasteiger charge is -2.30. The number of primary amides is 1. The maximum absolute atomic E-state index is 14.0. The second kappa shape index (κ2) is 13.0. The normalized spacial score (nSPS) is 11.5. The number of nitrogen functional groups attached to an aromatic ring is 1. The maximum atomic E-state index is 14.0. The van der Waals surface area contributed by atoms with Crippen LogP contribution >= 0.6 is 11.5 Å². The number of hydrogen-bond acceptors (Lipinski definition) is 9. The molecule has 2 heterocycles. The molecule has 5 N–H and O–H groups in total. The molecule has 2 aromatic heterocycles. The van der Waals surface area contributed by atoms with Crippen molar-refractivity contribution in [2.24, 2.45) is 5.73 Å². The van der Waals surface area contributed by atoms with Crippen LogP contribution in [-0.2, 0) is 17.8 Å². The Morgan fingerprint density at radius 1 is 1.02 bits per heavy atom. The van der Waals surface area contributed by atoms with Crippen molar-refractivity contribution in [2.75, 3.05) is 26.5 Å². The number of rotatable bonds is 12. The largest absolute Gasteiger partial charge is 0.493 e. The lowest BCUT2D eigenvalue weighted by molar-refractivity contribution is -0.126. The van der Waals surface area contributed by atoms with E-state index in [-0.39, 0.29) is 35.1 Å². The second-order valence-electron chi connectivity index (χ2n) is 9.13. The lowest BCUT2D eigenvalue weighted by atomic mass is 10.1. The standard InChI is InChI=1S/C29H31N5O6S/c1-17-9-11-21(40-17)25(28(36)32-16-19-7-5-4-6-8-19)34(29(37)26-23(30)24(27(31)35)33-41-26)14-13-18-10-12-20(38-2)22(15-18)39-3/h4-12,15,25H,13-14,16,30H2,1-3H3,(H2,31,35)(H,32,36)/t25-/m1/s1. The van der Waals surface area contributed by atoms with Crippen LogP contribution in [0.5, 0.6) is 11.5 Å². The molecular formula is C29H31N5O6S. The molecule has 0 aliphatic carbocycles. The van der Waals surface area contributed by atoms with Crippen LogP contribution in [0.1, 0.15) is 48.8 Å². The molecule has 0 unspecified atom stereocenters. The van der Waals surface area contributed by atoms with Crippen LogP contribution in [0, 0.1) is 6.92 Å². The third-order valence-electron chi connectivity index (χ3n) is 6.41.